The van der Waals surface area contributed by atoms with Crippen molar-refractivity contribution >= 4 is 12.0 Å². The first kappa shape index (κ1) is 20.2. The third-order valence-corrected chi connectivity index (χ3v) is 5.05. The van der Waals surface area contributed by atoms with Crippen molar-refractivity contribution in [2.75, 3.05) is 26.7 Å². The van der Waals surface area contributed by atoms with Gasteiger partial charge in [-0.1, -0.05) is 19.0 Å². The van der Waals surface area contributed by atoms with E-state index in [4.69, 9.17) is 4.52 Å². The molecule has 146 valence electrons. The van der Waals surface area contributed by atoms with Gasteiger partial charge in [-0.15, -0.1) is 0 Å². The van der Waals surface area contributed by atoms with Crippen molar-refractivity contribution in [3.8, 4) is 0 Å². The standard InChI is InChI=1S/C18H30N4O4/c1-13(2)11-18(4-7-20-8-5-18)6-9-22(17(24)25)12-14-10-15(21-26-14)16(23)19-3/h10,13,20H,4-9,11-12H2,1-3H3,(H,19,23)(H,24,25). The van der Waals surface area contributed by atoms with Crippen molar-refractivity contribution in [1.29, 1.82) is 0 Å². The van der Waals surface area contributed by atoms with Crippen LogP contribution in [-0.2, 0) is 6.54 Å². The Bertz CT molecular complexity index is 608. The Morgan fingerprint density at radius 3 is 2.69 bits per heavy atom. The van der Waals surface area contributed by atoms with Crippen LogP contribution >= 0.6 is 0 Å². The van der Waals surface area contributed by atoms with E-state index >= 15 is 0 Å². The molecule has 2 amide bonds. The van der Waals surface area contributed by atoms with Gasteiger partial charge in [0.1, 0.15) is 0 Å². The van der Waals surface area contributed by atoms with Crippen LogP contribution in [0.15, 0.2) is 10.6 Å². The summed E-state index contributed by atoms with van der Waals surface area (Å²) in [7, 11) is 1.51. The molecule has 26 heavy (non-hydrogen) atoms. The summed E-state index contributed by atoms with van der Waals surface area (Å²) in [5.41, 5.74) is 0.337. The number of aromatic nitrogens is 1. The molecule has 0 aromatic carbocycles. The van der Waals surface area contributed by atoms with Crippen LogP contribution < -0.4 is 10.6 Å². The first-order valence-corrected chi connectivity index (χ1v) is 9.21. The fourth-order valence-corrected chi connectivity index (χ4v) is 3.80. The van der Waals surface area contributed by atoms with E-state index in [1.165, 1.54) is 18.0 Å². The van der Waals surface area contributed by atoms with Gasteiger partial charge in [-0.05, 0) is 50.1 Å². The van der Waals surface area contributed by atoms with Gasteiger partial charge in [0.15, 0.2) is 11.5 Å². The highest BCUT2D eigenvalue weighted by Gasteiger charge is 2.33. The van der Waals surface area contributed by atoms with E-state index < -0.39 is 6.09 Å². The molecular weight excluding hydrogens is 336 g/mol. The Morgan fingerprint density at radius 1 is 1.42 bits per heavy atom. The molecule has 8 nitrogen and oxygen atoms in total. The quantitative estimate of drug-likeness (QED) is 0.652. The molecule has 0 radical (unpaired) electrons. The zero-order valence-corrected chi connectivity index (χ0v) is 15.9. The number of nitrogens with zero attached hydrogens (tertiary/aromatic N) is 2. The van der Waals surface area contributed by atoms with Crippen molar-refractivity contribution < 1.29 is 19.2 Å². The monoisotopic (exact) mass is 366 g/mol. The maximum atomic E-state index is 11.7. The topological polar surface area (TPSA) is 108 Å². The molecule has 0 saturated carbocycles. The molecule has 1 aliphatic rings. The Kier molecular flexibility index (Phi) is 7.02. The van der Waals surface area contributed by atoms with Crippen LogP contribution in [0.5, 0.6) is 0 Å². The molecule has 1 aromatic rings. The fraction of sp³-hybridized carbons (Fsp3) is 0.722. The minimum atomic E-state index is -0.989. The van der Waals surface area contributed by atoms with Gasteiger partial charge in [0.25, 0.3) is 5.91 Å². The first-order valence-electron chi connectivity index (χ1n) is 9.21. The van der Waals surface area contributed by atoms with Gasteiger partial charge in [-0.2, -0.15) is 0 Å². The molecule has 1 aliphatic heterocycles. The molecular formula is C18H30N4O4. The van der Waals surface area contributed by atoms with Gasteiger partial charge in [0.05, 0.1) is 6.54 Å². The number of hydrogen-bond acceptors (Lipinski definition) is 5. The number of amides is 2. The molecule has 0 spiro atoms. The predicted octanol–water partition coefficient (Wildman–Crippen LogP) is 2.32. The van der Waals surface area contributed by atoms with Gasteiger partial charge in [-0.3, -0.25) is 4.79 Å². The van der Waals surface area contributed by atoms with Gasteiger partial charge in [0, 0.05) is 19.7 Å². The fourth-order valence-electron chi connectivity index (χ4n) is 3.80. The minimum Gasteiger partial charge on any atom is -0.465 e. The molecule has 0 aliphatic carbocycles. The van der Waals surface area contributed by atoms with Crippen molar-refractivity contribution in [3.05, 3.63) is 17.5 Å². The summed E-state index contributed by atoms with van der Waals surface area (Å²) in [6, 6.07) is 1.49. The summed E-state index contributed by atoms with van der Waals surface area (Å²) in [5, 5.41) is 19.1. The first-order chi connectivity index (χ1) is 12.3. The van der Waals surface area contributed by atoms with Crippen LogP contribution in [0.1, 0.15) is 55.8 Å². The highest BCUT2D eigenvalue weighted by molar-refractivity contribution is 5.91. The second-order valence-electron chi connectivity index (χ2n) is 7.56. The predicted molar refractivity (Wildman–Crippen MR) is 96.9 cm³/mol. The largest absolute Gasteiger partial charge is 0.465 e. The van der Waals surface area contributed by atoms with Crippen LogP contribution in [0.4, 0.5) is 4.79 Å². The van der Waals surface area contributed by atoms with E-state index in [-0.39, 0.29) is 23.6 Å². The third-order valence-electron chi connectivity index (χ3n) is 5.05. The number of rotatable bonds is 8. The number of carbonyl (C=O) groups excluding carboxylic acids is 1. The number of hydrogen-bond donors (Lipinski definition) is 3. The lowest BCUT2D eigenvalue weighted by atomic mass is 9.71. The van der Waals surface area contributed by atoms with Gasteiger partial charge >= 0.3 is 6.09 Å². The van der Waals surface area contributed by atoms with Crippen LogP contribution in [-0.4, -0.2) is 53.8 Å². The van der Waals surface area contributed by atoms with E-state index in [0.717, 1.165) is 38.8 Å². The molecule has 8 heteroatoms. The number of carboxylic acid groups (broad SMARTS) is 1. The molecule has 1 saturated heterocycles. The van der Waals surface area contributed by atoms with Crippen LogP contribution in [0.2, 0.25) is 0 Å². The van der Waals surface area contributed by atoms with Crippen molar-refractivity contribution in [3.63, 3.8) is 0 Å². The van der Waals surface area contributed by atoms with Gasteiger partial charge < -0.3 is 25.2 Å². The van der Waals surface area contributed by atoms with E-state index in [9.17, 15) is 14.7 Å². The van der Waals surface area contributed by atoms with E-state index in [2.05, 4.69) is 29.6 Å². The third kappa shape index (κ3) is 5.45. The molecule has 0 bridgehead atoms. The summed E-state index contributed by atoms with van der Waals surface area (Å²) in [6.07, 6.45) is 3.08. The Morgan fingerprint density at radius 2 is 2.12 bits per heavy atom. The van der Waals surface area contributed by atoms with E-state index in [1.54, 1.807) is 0 Å². The Balaban J connectivity index is 2.01. The summed E-state index contributed by atoms with van der Waals surface area (Å²) in [5.74, 6) is 0.595. The summed E-state index contributed by atoms with van der Waals surface area (Å²) in [4.78, 5) is 24.6. The number of piperidine rings is 1. The van der Waals surface area contributed by atoms with Crippen molar-refractivity contribution in [1.82, 2.24) is 20.7 Å². The average molecular weight is 366 g/mol. The van der Waals surface area contributed by atoms with Crippen LogP contribution in [0.25, 0.3) is 0 Å². The second-order valence-corrected chi connectivity index (χ2v) is 7.56. The van der Waals surface area contributed by atoms with Crippen molar-refractivity contribution in [2.24, 2.45) is 11.3 Å². The van der Waals surface area contributed by atoms with Gasteiger partial charge in [-0.25, -0.2) is 4.79 Å². The van der Waals surface area contributed by atoms with Crippen LogP contribution in [0.3, 0.4) is 0 Å². The van der Waals surface area contributed by atoms with E-state index in [1.807, 2.05) is 0 Å². The van der Waals surface area contributed by atoms with Crippen molar-refractivity contribution in [2.45, 2.75) is 46.1 Å². The molecule has 0 atom stereocenters. The highest BCUT2D eigenvalue weighted by atomic mass is 16.5. The summed E-state index contributed by atoms with van der Waals surface area (Å²) < 4.78 is 5.12. The smallest absolute Gasteiger partial charge is 0.407 e. The van der Waals surface area contributed by atoms with E-state index in [0.29, 0.717) is 18.2 Å². The molecule has 2 heterocycles. The number of nitrogens with one attached hydrogen (secondary N) is 2. The summed E-state index contributed by atoms with van der Waals surface area (Å²) >= 11 is 0. The summed E-state index contributed by atoms with van der Waals surface area (Å²) in [6.45, 7) is 6.93. The lowest BCUT2D eigenvalue weighted by Gasteiger charge is -2.40. The maximum absolute atomic E-state index is 11.7. The molecule has 1 aromatic heterocycles. The highest BCUT2D eigenvalue weighted by Crippen LogP contribution is 2.39. The molecule has 0 unspecified atom stereocenters. The zero-order chi connectivity index (χ0) is 19.2. The number of carbonyl (C=O) groups is 2. The SMILES string of the molecule is CNC(=O)c1cc(CN(CCC2(CC(C)C)CCNCC2)C(=O)O)on1. The lowest BCUT2D eigenvalue weighted by Crippen LogP contribution is -2.41. The lowest BCUT2D eigenvalue weighted by molar-refractivity contribution is 0.0949. The zero-order valence-electron chi connectivity index (χ0n) is 15.9. The second kappa shape index (κ2) is 9.02. The molecule has 2 rings (SSSR count). The normalized spacial score (nSPS) is 16.5. The van der Waals surface area contributed by atoms with Gasteiger partial charge in [0.2, 0.25) is 0 Å². The molecule has 3 N–H and O–H groups in total. The molecule has 1 fully saturated rings. The Hall–Kier alpha value is -2.09. The minimum absolute atomic E-state index is 0.0926. The van der Waals surface area contributed by atoms with Crippen LogP contribution in [0, 0.1) is 11.3 Å². The average Bonchev–Trinajstić information content (AvgIpc) is 3.06. The maximum Gasteiger partial charge on any atom is 0.407 e. The Labute approximate surface area is 154 Å².